The van der Waals surface area contributed by atoms with E-state index in [0.29, 0.717) is 13.2 Å². The first-order chi connectivity index (χ1) is 13.2. The topological polar surface area (TPSA) is 69.9 Å². The van der Waals surface area contributed by atoms with Crippen molar-refractivity contribution in [1.82, 2.24) is 9.91 Å². The lowest BCUT2D eigenvalue weighted by atomic mass is 10.0. The molecule has 1 aliphatic carbocycles. The minimum Gasteiger partial charge on any atom is -0.378 e. The standard InChI is InChI=1S/C19H23N5O2S/c1-3-26-15-7-4-6-13(10-15)20-12-14-11-17(25)24-19(21-14)23(2)18(22-24)16-8-5-9-27-16/h4-6,8-9,15,19H,3,7,10-12H2,1-2H3. The van der Waals surface area contributed by atoms with Crippen molar-refractivity contribution in [3.63, 3.8) is 0 Å². The van der Waals surface area contributed by atoms with E-state index in [-0.39, 0.29) is 18.4 Å². The molecular weight excluding hydrogens is 362 g/mol. The van der Waals surface area contributed by atoms with Gasteiger partial charge in [-0.25, -0.2) is 4.99 Å². The number of thiophene rings is 1. The van der Waals surface area contributed by atoms with Crippen LogP contribution in [-0.2, 0) is 9.53 Å². The Labute approximate surface area is 162 Å². The van der Waals surface area contributed by atoms with Gasteiger partial charge in [0, 0.05) is 31.5 Å². The van der Waals surface area contributed by atoms with Crippen molar-refractivity contribution in [3.8, 4) is 0 Å². The monoisotopic (exact) mass is 385 g/mol. The molecule has 0 bridgehead atoms. The van der Waals surface area contributed by atoms with Gasteiger partial charge in [-0.15, -0.1) is 16.4 Å². The summed E-state index contributed by atoms with van der Waals surface area (Å²) in [6, 6.07) is 3.98. The van der Waals surface area contributed by atoms with Gasteiger partial charge in [-0.1, -0.05) is 12.1 Å². The molecule has 3 heterocycles. The van der Waals surface area contributed by atoms with Crippen molar-refractivity contribution in [2.75, 3.05) is 20.2 Å². The van der Waals surface area contributed by atoms with Crippen molar-refractivity contribution in [3.05, 3.63) is 34.5 Å². The number of aliphatic imine (C=N–C) groups is 2. The van der Waals surface area contributed by atoms with Gasteiger partial charge in [-0.2, -0.15) is 5.01 Å². The van der Waals surface area contributed by atoms with Crippen molar-refractivity contribution in [1.29, 1.82) is 0 Å². The molecule has 142 valence electrons. The number of hydrogen-bond donors (Lipinski definition) is 0. The summed E-state index contributed by atoms with van der Waals surface area (Å²) in [5, 5.41) is 7.98. The SMILES string of the molecule is CCOC1CC=CC(=NCC2=NC3N(C)C(c4cccs4)=NN3C(=O)C2)C1. The van der Waals surface area contributed by atoms with E-state index in [9.17, 15) is 4.79 Å². The molecule has 7 nitrogen and oxygen atoms in total. The Bertz CT molecular complexity index is 827. The molecule has 3 aliphatic rings. The van der Waals surface area contributed by atoms with Crippen molar-refractivity contribution in [2.24, 2.45) is 15.1 Å². The van der Waals surface area contributed by atoms with Gasteiger partial charge >= 0.3 is 0 Å². The number of ether oxygens (including phenoxy) is 1. The molecule has 0 spiro atoms. The van der Waals surface area contributed by atoms with E-state index in [4.69, 9.17) is 9.73 Å². The van der Waals surface area contributed by atoms with Crippen LogP contribution in [0.5, 0.6) is 0 Å². The molecule has 4 rings (SSSR count). The summed E-state index contributed by atoms with van der Waals surface area (Å²) >= 11 is 1.60. The Balaban J connectivity index is 1.47. The van der Waals surface area contributed by atoms with E-state index in [1.807, 2.05) is 42.5 Å². The zero-order valence-electron chi connectivity index (χ0n) is 15.5. The number of fused-ring (bicyclic) bond motifs is 1. The number of allylic oxidation sites excluding steroid dienone is 1. The number of hydrogen-bond acceptors (Lipinski definition) is 7. The molecule has 2 aliphatic heterocycles. The van der Waals surface area contributed by atoms with Gasteiger partial charge in [0.05, 0.1) is 23.9 Å². The zero-order chi connectivity index (χ0) is 18.8. The van der Waals surface area contributed by atoms with Gasteiger partial charge in [0.2, 0.25) is 6.29 Å². The number of amides is 1. The Kier molecular flexibility index (Phi) is 5.18. The summed E-state index contributed by atoms with van der Waals surface area (Å²) in [6.45, 7) is 3.16. The van der Waals surface area contributed by atoms with Crippen molar-refractivity contribution < 1.29 is 9.53 Å². The molecule has 1 aromatic heterocycles. The summed E-state index contributed by atoms with van der Waals surface area (Å²) in [7, 11) is 1.92. The third kappa shape index (κ3) is 3.72. The number of carbonyl (C=O) groups excluding carboxylic acids is 1. The highest BCUT2D eigenvalue weighted by Gasteiger charge is 2.39. The predicted octanol–water partition coefficient (Wildman–Crippen LogP) is 2.51. The maximum atomic E-state index is 12.6. The van der Waals surface area contributed by atoms with Crippen LogP contribution in [0.4, 0.5) is 0 Å². The zero-order valence-corrected chi connectivity index (χ0v) is 16.4. The lowest BCUT2D eigenvalue weighted by Crippen LogP contribution is -2.45. The first kappa shape index (κ1) is 18.1. The highest BCUT2D eigenvalue weighted by molar-refractivity contribution is 7.12. The van der Waals surface area contributed by atoms with E-state index in [1.54, 1.807) is 11.3 Å². The lowest BCUT2D eigenvalue weighted by Gasteiger charge is -2.28. The minimum absolute atomic E-state index is 0.0324. The highest BCUT2D eigenvalue weighted by atomic mass is 32.1. The Morgan fingerprint density at radius 1 is 1.44 bits per heavy atom. The summed E-state index contributed by atoms with van der Waals surface area (Å²) in [4.78, 5) is 25.0. The Hall–Kier alpha value is -2.32. The van der Waals surface area contributed by atoms with Crippen LogP contribution in [-0.4, -0.2) is 65.7 Å². The van der Waals surface area contributed by atoms with Crippen LogP contribution in [0.15, 0.2) is 44.8 Å². The fourth-order valence-electron chi connectivity index (χ4n) is 3.43. The molecule has 1 amide bonds. The lowest BCUT2D eigenvalue weighted by molar-refractivity contribution is -0.133. The molecule has 0 N–H and O–H groups in total. The van der Waals surface area contributed by atoms with Gasteiger partial charge in [-0.05, 0) is 30.9 Å². The molecule has 27 heavy (non-hydrogen) atoms. The second kappa shape index (κ2) is 7.74. The van der Waals surface area contributed by atoms with Crippen LogP contribution in [0.25, 0.3) is 0 Å². The third-order valence-corrected chi connectivity index (χ3v) is 5.63. The van der Waals surface area contributed by atoms with E-state index in [0.717, 1.165) is 35.0 Å². The van der Waals surface area contributed by atoms with Gasteiger partial charge in [-0.3, -0.25) is 9.79 Å². The third-order valence-electron chi connectivity index (χ3n) is 4.77. The average molecular weight is 385 g/mol. The van der Waals surface area contributed by atoms with Crippen LogP contribution < -0.4 is 0 Å². The van der Waals surface area contributed by atoms with Crippen molar-refractivity contribution >= 4 is 34.5 Å². The van der Waals surface area contributed by atoms with Gasteiger partial charge in [0.1, 0.15) is 0 Å². The summed E-state index contributed by atoms with van der Waals surface area (Å²) in [5.74, 6) is 0.754. The summed E-state index contributed by atoms with van der Waals surface area (Å²) in [5.41, 5.74) is 1.81. The molecule has 0 saturated carbocycles. The second-order valence-corrected chi connectivity index (χ2v) is 7.64. The maximum absolute atomic E-state index is 12.6. The van der Waals surface area contributed by atoms with Gasteiger partial charge in [0.25, 0.3) is 5.91 Å². The summed E-state index contributed by atoms with van der Waals surface area (Å²) < 4.78 is 5.70. The fourth-order valence-corrected chi connectivity index (χ4v) is 4.18. The molecule has 0 saturated heterocycles. The molecule has 2 atom stereocenters. The minimum atomic E-state index is -0.406. The number of carbonyl (C=O) groups is 1. The quantitative estimate of drug-likeness (QED) is 0.782. The normalized spacial score (nSPS) is 26.4. The van der Waals surface area contributed by atoms with Gasteiger partial charge in [0.15, 0.2) is 5.84 Å². The van der Waals surface area contributed by atoms with Crippen LogP contribution in [0.2, 0.25) is 0 Å². The van der Waals surface area contributed by atoms with Crippen LogP contribution in [0.1, 0.15) is 31.1 Å². The number of nitrogens with zero attached hydrogens (tertiary/aromatic N) is 5. The van der Waals surface area contributed by atoms with E-state index in [1.165, 1.54) is 5.01 Å². The smallest absolute Gasteiger partial charge is 0.252 e. The molecule has 0 aromatic carbocycles. The number of rotatable bonds is 5. The molecule has 0 fully saturated rings. The van der Waals surface area contributed by atoms with Crippen molar-refractivity contribution in [2.45, 2.75) is 38.6 Å². The highest BCUT2D eigenvalue weighted by Crippen LogP contribution is 2.26. The molecule has 1 aromatic rings. The van der Waals surface area contributed by atoms with Crippen LogP contribution in [0.3, 0.4) is 0 Å². The molecule has 8 heteroatoms. The predicted molar refractivity (Wildman–Crippen MR) is 107 cm³/mol. The van der Waals surface area contributed by atoms with Gasteiger partial charge < -0.3 is 9.64 Å². The average Bonchev–Trinajstić information content (AvgIpc) is 3.30. The molecule has 0 radical (unpaired) electrons. The number of hydrazone groups is 1. The van der Waals surface area contributed by atoms with Crippen LogP contribution in [0, 0.1) is 0 Å². The summed E-state index contributed by atoms with van der Waals surface area (Å²) in [6.07, 6.45) is 5.95. The van der Waals surface area contributed by atoms with E-state index in [2.05, 4.69) is 16.2 Å². The van der Waals surface area contributed by atoms with E-state index < -0.39 is 6.29 Å². The van der Waals surface area contributed by atoms with Crippen LogP contribution >= 0.6 is 11.3 Å². The maximum Gasteiger partial charge on any atom is 0.252 e. The fraction of sp³-hybridized carbons (Fsp3) is 0.474. The number of amidine groups is 1. The second-order valence-electron chi connectivity index (χ2n) is 6.70. The first-order valence-corrected chi connectivity index (χ1v) is 10.1. The van der Waals surface area contributed by atoms with E-state index >= 15 is 0 Å². The Morgan fingerprint density at radius 2 is 2.33 bits per heavy atom. The molecule has 2 unspecified atom stereocenters. The Morgan fingerprint density at radius 3 is 3.11 bits per heavy atom. The first-order valence-electron chi connectivity index (χ1n) is 9.20. The molecular formula is C19H23N5O2S. The largest absolute Gasteiger partial charge is 0.378 e.